The normalized spacial score (nSPS) is 10.3. The van der Waals surface area contributed by atoms with Crippen LogP contribution in [0, 0.1) is 5.82 Å². The topological polar surface area (TPSA) is 77.1 Å². The van der Waals surface area contributed by atoms with E-state index in [4.69, 9.17) is 5.73 Å². The smallest absolute Gasteiger partial charge is 0.251 e. The van der Waals surface area contributed by atoms with Crippen LogP contribution in [0.25, 0.3) is 0 Å². The highest BCUT2D eigenvalue weighted by molar-refractivity contribution is 9.10. The van der Waals surface area contributed by atoms with Gasteiger partial charge in [-0.2, -0.15) is 0 Å². The molecule has 0 atom stereocenters. The van der Waals surface area contributed by atoms with E-state index in [1.807, 2.05) is 0 Å². The minimum absolute atomic E-state index is 0.193. The van der Waals surface area contributed by atoms with Gasteiger partial charge in [-0.05, 0) is 40.2 Å². The summed E-state index contributed by atoms with van der Waals surface area (Å²) in [5.74, 6) is -0.927. The zero-order valence-corrected chi connectivity index (χ0v) is 11.9. The van der Waals surface area contributed by atoms with Crippen LogP contribution in [0.2, 0.25) is 0 Å². The van der Waals surface area contributed by atoms with Crippen LogP contribution in [0.4, 0.5) is 15.8 Å². The molecular weight excluding hydrogens is 329 g/mol. The van der Waals surface area contributed by atoms with Crippen molar-refractivity contribution in [1.29, 1.82) is 0 Å². The van der Waals surface area contributed by atoms with Gasteiger partial charge in [-0.15, -0.1) is 0 Å². The maximum atomic E-state index is 13.3. The van der Waals surface area contributed by atoms with Crippen LogP contribution in [-0.2, 0) is 11.3 Å². The first-order valence-corrected chi connectivity index (χ1v) is 6.46. The first-order valence-electron chi connectivity index (χ1n) is 5.66. The highest BCUT2D eigenvalue weighted by Crippen LogP contribution is 2.19. The van der Waals surface area contributed by atoms with Crippen LogP contribution < -0.4 is 16.6 Å². The van der Waals surface area contributed by atoms with Gasteiger partial charge in [-0.3, -0.25) is 9.59 Å². The Kier molecular flexibility index (Phi) is 4.19. The number of pyridine rings is 1. The number of halogens is 2. The second kappa shape index (κ2) is 5.87. The fourth-order valence-electron chi connectivity index (χ4n) is 1.60. The highest BCUT2D eigenvalue weighted by Gasteiger charge is 2.07. The van der Waals surface area contributed by atoms with Gasteiger partial charge in [0.05, 0.1) is 4.47 Å². The standard InChI is InChI=1S/C13H11BrFN3O2/c14-10-3-2-9(5-11(10)15)17-12(19)7-18-6-8(16)1-4-13(18)20/h1-6H,7,16H2,(H,17,19). The molecule has 104 valence electrons. The van der Waals surface area contributed by atoms with E-state index in [1.54, 1.807) is 6.07 Å². The third kappa shape index (κ3) is 3.45. The number of anilines is 2. The van der Waals surface area contributed by atoms with Crippen molar-refractivity contribution in [3.8, 4) is 0 Å². The lowest BCUT2D eigenvalue weighted by Crippen LogP contribution is -2.27. The van der Waals surface area contributed by atoms with Crippen LogP contribution in [0.1, 0.15) is 0 Å². The Bertz CT molecular complexity index is 715. The van der Waals surface area contributed by atoms with Crippen LogP contribution in [0.5, 0.6) is 0 Å². The molecule has 0 saturated heterocycles. The number of nitrogen functional groups attached to an aromatic ring is 1. The Morgan fingerprint density at radius 2 is 2.10 bits per heavy atom. The minimum Gasteiger partial charge on any atom is -0.398 e. The van der Waals surface area contributed by atoms with Gasteiger partial charge in [0, 0.05) is 23.6 Å². The van der Waals surface area contributed by atoms with E-state index in [-0.39, 0.29) is 12.1 Å². The molecule has 0 spiro atoms. The van der Waals surface area contributed by atoms with Gasteiger partial charge in [0.1, 0.15) is 12.4 Å². The van der Waals surface area contributed by atoms with Crippen LogP contribution >= 0.6 is 15.9 Å². The number of hydrogen-bond donors (Lipinski definition) is 2. The summed E-state index contributed by atoms with van der Waals surface area (Å²) < 4.78 is 14.8. The molecule has 0 aliphatic heterocycles. The molecule has 0 aliphatic rings. The predicted octanol–water partition coefficient (Wildman–Crippen LogP) is 1.97. The molecule has 20 heavy (non-hydrogen) atoms. The number of aromatic nitrogens is 1. The molecule has 1 heterocycles. The molecule has 0 saturated carbocycles. The summed E-state index contributed by atoms with van der Waals surface area (Å²) in [6.45, 7) is -0.193. The first kappa shape index (κ1) is 14.3. The zero-order chi connectivity index (χ0) is 14.7. The second-order valence-electron chi connectivity index (χ2n) is 4.11. The Hall–Kier alpha value is -2.15. The van der Waals surface area contributed by atoms with Crippen molar-refractivity contribution in [1.82, 2.24) is 4.57 Å². The average Bonchev–Trinajstić information content (AvgIpc) is 2.38. The van der Waals surface area contributed by atoms with Crippen LogP contribution in [0.15, 0.2) is 45.8 Å². The third-order valence-corrected chi connectivity index (χ3v) is 3.17. The first-order chi connectivity index (χ1) is 9.45. The van der Waals surface area contributed by atoms with Gasteiger partial charge in [0.2, 0.25) is 5.91 Å². The van der Waals surface area contributed by atoms with E-state index in [9.17, 15) is 14.0 Å². The molecule has 5 nitrogen and oxygen atoms in total. The van der Waals surface area contributed by atoms with E-state index >= 15 is 0 Å². The van der Waals surface area contributed by atoms with Gasteiger partial charge >= 0.3 is 0 Å². The van der Waals surface area contributed by atoms with Gasteiger partial charge < -0.3 is 15.6 Å². The molecule has 2 rings (SSSR count). The number of rotatable bonds is 3. The summed E-state index contributed by atoms with van der Waals surface area (Å²) in [5, 5.41) is 2.50. The quantitative estimate of drug-likeness (QED) is 0.897. The molecule has 1 aromatic carbocycles. The van der Waals surface area contributed by atoms with Crippen molar-refractivity contribution in [2.45, 2.75) is 6.54 Å². The van der Waals surface area contributed by atoms with Crippen molar-refractivity contribution < 1.29 is 9.18 Å². The molecule has 0 radical (unpaired) electrons. The number of amides is 1. The van der Waals surface area contributed by atoms with Gasteiger partial charge in [0.15, 0.2) is 0 Å². The van der Waals surface area contributed by atoms with Crippen molar-refractivity contribution in [3.63, 3.8) is 0 Å². The maximum absolute atomic E-state index is 13.3. The monoisotopic (exact) mass is 339 g/mol. The lowest BCUT2D eigenvalue weighted by atomic mass is 10.3. The molecule has 7 heteroatoms. The van der Waals surface area contributed by atoms with Crippen molar-refractivity contribution in [3.05, 3.63) is 57.2 Å². The summed E-state index contributed by atoms with van der Waals surface area (Å²) in [6, 6.07) is 6.96. The SMILES string of the molecule is Nc1ccc(=O)n(CC(=O)Nc2ccc(Br)c(F)c2)c1. The molecule has 3 N–H and O–H groups in total. The lowest BCUT2D eigenvalue weighted by molar-refractivity contribution is -0.116. The molecular formula is C13H11BrFN3O2. The predicted molar refractivity (Wildman–Crippen MR) is 77.8 cm³/mol. The number of carbonyl (C=O) groups is 1. The molecule has 0 unspecified atom stereocenters. The Morgan fingerprint density at radius 1 is 1.35 bits per heavy atom. The Morgan fingerprint density at radius 3 is 2.80 bits per heavy atom. The summed E-state index contributed by atoms with van der Waals surface area (Å²) >= 11 is 3.02. The number of nitrogens with zero attached hydrogens (tertiary/aromatic N) is 1. The maximum Gasteiger partial charge on any atom is 0.251 e. The highest BCUT2D eigenvalue weighted by atomic mass is 79.9. The van der Waals surface area contributed by atoms with Gasteiger partial charge in [-0.25, -0.2) is 4.39 Å². The van der Waals surface area contributed by atoms with Crippen LogP contribution in [-0.4, -0.2) is 10.5 Å². The number of hydrogen-bond acceptors (Lipinski definition) is 3. The van der Waals surface area contributed by atoms with Crippen molar-refractivity contribution >= 4 is 33.2 Å². The average molecular weight is 340 g/mol. The van der Waals surface area contributed by atoms with Crippen molar-refractivity contribution in [2.24, 2.45) is 0 Å². The van der Waals surface area contributed by atoms with Gasteiger partial charge in [0.25, 0.3) is 5.56 Å². The third-order valence-electron chi connectivity index (χ3n) is 2.52. The van der Waals surface area contributed by atoms with Crippen LogP contribution in [0.3, 0.4) is 0 Å². The minimum atomic E-state index is -0.482. The molecule has 2 aromatic rings. The van der Waals surface area contributed by atoms with E-state index in [0.717, 1.165) is 0 Å². The summed E-state index contributed by atoms with van der Waals surface area (Å²) in [5.41, 5.74) is 5.90. The molecule has 0 fully saturated rings. The number of nitrogens with one attached hydrogen (secondary N) is 1. The molecule has 1 aromatic heterocycles. The molecule has 0 aliphatic carbocycles. The number of carbonyl (C=O) groups excluding carboxylic acids is 1. The fraction of sp³-hybridized carbons (Fsp3) is 0.0769. The van der Waals surface area contributed by atoms with Gasteiger partial charge in [-0.1, -0.05) is 0 Å². The molecule has 1 amide bonds. The lowest BCUT2D eigenvalue weighted by Gasteiger charge is -2.08. The number of benzene rings is 1. The Balaban J connectivity index is 2.11. The van der Waals surface area contributed by atoms with Crippen molar-refractivity contribution in [2.75, 3.05) is 11.1 Å². The summed E-state index contributed by atoms with van der Waals surface area (Å²) in [7, 11) is 0. The number of nitrogens with two attached hydrogens (primary N) is 1. The second-order valence-corrected chi connectivity index (χ2v) is 4.96. The zero-order valence-electron chi connectivity index (χ0n) is 10.3. The Labute approximate surface area is 122 Å². The fourth-order valence-corrected chi connectivity index (χ4v) is 1.85. The summed E-state index contributed by atoms with van der Waals surface area (Å²) in [4.78, 5) is 23.3. The van der Waals surface area contributed by atoms with E-state index < -0.39 is 11.7 Å². The molecule has 0 bridgehead atoms. The van der Waals surface area contributed by atoms with E-state index in [0.29, 0.717) is 15.8 Å². The largest absolute Gasteiger partial charge is 0.398 e. The van der Waals surface area contributed by atoms with E-state index in [1.165, 1.54) is 35.0 Å². The van der Waals surface area contributed by atoms with E-state index in [2.05, 4.69) is 21.2 Å². The summed E-state index contributed by atoms with van der Waals surface area (Å²) in [6.07, 6.45) is 1.38.